The zero-order valence-corrected chi connectivity index (χ0v) is 24.7. The van der Waals surface area contributed by atoms with Gasteiger partial charge in [-0.1, -0.05) is 9.24 Å². The molecule has 2 atom stereocenters. The molecule has 5 heterocycles. The molecule has 6 rings (SSSR count). The fourth-order valence-electron chi connectivity index (χ4n) is 6.67. The number of likely N-dealkylation sites (tertiary alicyclic amines) is 1. The van der Waals surface area contributed by atoms with Crippen LogP contribution in [0.1, 0.15) is 61.0 Å². The molecule has 220 valence electrons. The lowest BCUT2D eigenvalue weighted by atomic mass is 9.92. The van der Waals surface area contributed by atoms with Gasteiger partial charge in [0.05, 0.1) is 18.8 Å². The number of amides is 1. The van der Waals surface area contributed by atoms with Crippen LogP contribution < -0.4 is 4.90 Å². The lowest BCUT2D eigenvalue weighted by Gasteiger charge is -2.34. The first-order chi connectivity index (χ1) is 19.7. The smallest absolute Gasteiger partial charge is 0.264 e. The highest BCUT2D eigenvalue weighted by Crippen LogP contribution is 2.43. The van der Waals surface area contributed by atoms with Crippen molar-refractivity contribution < 1.29 is 18.0 Å². The zero-order chi connectivity index (χ0) is 28.8. The van der Waals surface area contributed by atoms with Gasteiger partial charge in [0.1, 0.15) is 5.91 Å². The summed E-state index contributed by atoms with van der Waals surface area (Å²) < 4.78 is 46.2. The molecule has 41 heavy (non-hydrogen) atoms. The maximum atomic E-state index is 14.5. The van der Waals surface area contributed by atoms with E-state index in [0.717, 1.165) is 67.1 Å². The lowest BCUT2D eigenvalue weighted by Crippen LogP contribution is -2.39. The number of benzene rings is 1. The van der Waals surface area contributed by atoms with Crippen molar-refractivity contribution in [1.29, 1.82) is 0 Å². The Morgan fingerprint density at radius 2 is 1.90 bits per heavy atom. The van der Waals surface area contributed by atoms with Gasteiger partial charge >= 0.3 is 0 Å². The van der Waals surface area contributed by atoms with Crippen LogP contribution in [0.4, 0.5) is 24.7 Å². The molecular weight excluding hydrogens is 550 g/mol. The molecule has 0 aliphatic carbocycles. The molecule has 3 aromatic rings. The van der Waals surface area contributed by atoms with Crippen molar-refractivity contribution in [2.24, 2.45) is 7.05 Å². The Balaban J connectivity index is 1.40. The van der Waals surface area contributed by atoms with E-state index in [1.54, 1.807) is 37.1 Å². The molecule has 1 amide bonds. The van der Waals surface area contributed by atoms with Crippen LogP contribution >= 0.6 is 9.24 Å². The predicted molar refractivity (Wildman–Crippen MR) is 155 cm³/mol. The second kappa shape index (κ2) is 11.4. The number of alkyl halides is 3. The normalized spacial score (nSPS) is 19.0. The van der Waals surface area contributed by atoms with Crippen LogP contribution in [0, 0.1) is 0 Å². The van der Waals surface area contributed by atoms with Crippen molar-refractivity contribution in [3.8, 4) is 11.1 Å². The lowest BCUT2D eigenvalue weighted by molar-refractivity contribution is -0.129. The molecular formula is C29H37F3N7OP. The van der Waals surface area contributed by atoms with E-state index in [2.05, 4.69) is 28.8 Å². The third kappa shape index (κ3) is 5.50. The summed E-state index contributed by atoms with van der Waals surface area (Å²) in [5.74, 6) is -0.164. The second-order valence-electron chi connectivity index (χ2n) is 11.5. The molecule has 0 radical (unpaired) electrons. The highest BCUT2D eigenvalue weighted by atomic mass is 31.0. The Kier molecular flexibility index (Phi) is 7.85. The second-order valence-corrected chi connectivity index (χ2v) is 12.2. The summed E-state index contributed by atoms with van der Waals surface area (Å²) in [5.41, 5.74) is 5.06. The summed E-state index contributed by atoms with van der Waals surface area (Å²) in [4.78, 5) is 18.5. The fourth-order valence-corrected chi connectivity index (χ4v) is 6.97. The van der Waals surface area contributed by atoms with Gasteiger partial charge in [0.2, 0.25) is 5.91 Å². The minimum atomic E-state index is -2.64. The van der Waals surface area contributed by atoms with Crippen LogP contribution in [0.15, 0.2) is 24.5 Å². The number of rotatable bonds is 6. The number of hydrogen-bond acceptors (Lipinski definition) is 5. The number of carbonyl (C=O) groups excluding carboxylic acids is 1. The van der Waals surface area contributed by atoms with Gasteiger partial charge in [-0.15, -0.1) is 0 Å². The summed E-state index contributed by atoms with van der Waals surface area (Å²) in [7, 11) is 4.00. The SMILES string of the molecule is CC(=O)N1CCc2c(c(N3CCCc4cc(-c5cnn(C)c5)c(C(F)F)cc43)nn2C2CCN(CC(F)P)CC2)C1. The summed E-state index contributed by atoms with van der Waals surface area (Å²) in [6, 6.07) is 3.70. The molecule has 0 saturated carbocycles. The van der Waals surface area contributed by atoms with Crippen LogP contribution in [0.2, 0.25) is 0 Å². The van der Waals surface area contributed by atoms with E-state index in [-0.39, 0.29) is 17.5 Å². The average Bonchev–Trinajstić information content (AvgIpc) is 3.55. The van der Waals surface area contributed by atoms with Crippen molar-refractivity contribution in [1.82, 2.24) is 29.4 Å². The first-order valence-electron chi connectivity index (χ1n) is 14.4. The number of piperidine rings is 1. The number of hydrogen-bond donors (Lipinski definition) is 0. The molecule has 3 aliphatic rings. The van der Waals surface area contributed by atoms with Crippen LogP contribution in [0.5, 0.6) is 0 Å². The van der Waals surface area contributed by atoms with Crippen LogP contribution in [-0.2, 0) is 31.2 Å². The largest absolute Gasteiger partial charge is 0.338 e. The number of halogens is 3. The van der Waals surface area contributed by atoms with Crippen molar-refractivity contribution >= 4 is 26.7 Å². The van der Waals surface area contributed by atoms with Gasteiger partial charge in [0.25, 0.3) is 6.43 Å². The number of nitrogens with zero attached hydrogens (tertiary/aromatic N) is 7. The Bertz CT molecular complexity index is 1430. The zero-order valence-electron chi connectivity index (χ0n) is 23.6. The highest BCUT2D eigenvalue weighted by molar-refractivity contribution is 7.17. The van der Waals surface area contributed by atoms with Crippen molar-refractivity contribution in [2.75, 3.05) is 37.6 Å². The minimum Gasteiger partial charge on any atom is -0.338 e. The summed E-state index contributed by atoms with van der Waals surface area (Å²) in [5, 5.41) is 9.38. The molecule has 0 bridgehead atoms. The van der Waals surface area contributed by atoms with E-state index >= 15 is 0 Å². The number of anilines is 2. The number of carbonyl (C=O) groups is 1. The van der Waals surface area contributed by atoms with Gasteiger partial charge in [0, 0.05) is 87.4 Å². The van der Waals surface area contributed by atoms with E-state index in [1.807, 2.05) is 11.0 Å². The topological polar surface area (TPSA) is 62.4 Å². The quantitative estimate of drug-likeness (QED) is 0.380. The van der Waals surface area contributed by atoms with E-state index in [1.165, 1.54) is 0 Å². The van der Waals surface area contributed by atoms with Gasteiger partial charge in [-0.25, -0.2) is 13.2 Å². The van der Waals surface area contributed by atoms with Crippen molar-refractivity contribution in [3.05, 3.63) is 46.9 Å². The molecule has 3 aliphatic heterocycles. The minimum absolute atomic E-state index is 0.0148. The maximum absolute atomic E-state index is 14.5. The van der Waals surface area contributed by atoms with E-state index in [0.29, 0.717) is 43.7 Å². The number of aryl methyl sites for hydroxylation is 2. The van der Waals surface area contributed by atoms with E-state index in [4.69, 9.17) is 5.10 Å². The highest BCUT2D eigenvalue weighted by Gasteiger charge is 2.34. The molecule has 0 N–H and O–H groups in total. The molecule has 12 heteroatoms. The van der Waals surface area contributed by atoms with E-state index in [9.17, 15) is 18.0 Å². The maximum Gasteiger partial charge on any atom is 0.264 e. The molecule has 1 saturated heterocycles. The first-order valence-corrected chi connectivity index (χ1v) is 15.1. The summed E-state index contributed by atoms with van der Waals surface area (Å²) in [6.07, 6.45) is 4.82. The van der Waals surface area contributed by atoms with Crippen LogP contribution in [-0.4, -0.2) is 73.9 Å². The molecule has 1 aromatic carbocycles. The average molecular weight is 588 g/mol. The van der Waals surface area contributed by atoms with E-state index < -0.39 is 12.3 Å². The fraction of sp³-hybridized carbons (Fsp3) is 0.552. The van der Waals surface area contributed by atoms with Crippen molar-refractivity contribution in [3.63, 3.8) is 0 Å². The standard InChI is InChI=1S/C29H37F3N7OP/c1-18(40)37-11-7-25-24(16-37)29(34-39(25)21-5-9-36(10-6-21)17-27(30)41)38-8-3-4-19-12-22(20-14-33-35(2)15-20)23(28(31)32)13-26(19)38/h12-15,21,27-28H,3-11,16-17,41H2,1-2H3. The Hall–Kier alpha value is -2.91. The Morgan fingerprint density at radius 3 is 2.56 bits per heavy atom. The molecule has 1 fully saturated rings. The molecule has 8 nitrogen and oxygen atoms in total. The van der Waals surface area contributed by atoms with Gasteiger partial charge in [-0.2, -0.15) is 10.2 Å². The number of fused-ring (bicyclic) bond motifs is 2. The van der Waals surface area contributed by atoms with Crippen LogP contribution in [0.25, 0.3) is 11.1 Å². The van der Waals surface area contributed by atoms with Gasteiger partial charge in [0.15, 0.2) is 5.82 Å². The Morgan fingerprint density at radius 1 is 1.12 bits per heavy atom. The van der Waals surface area contributed by atoms with Gasteiger partial charge in [-0.3, -0.25) is 19.1 Å². The first kappa shape index (κ1) is 28.2. The summed E-state index contributed by atoms with van der Waals surface area (Å²) in [6.45, 7) is 5.33. The van der Waals surface area contributed by atoms with Gasteiger partial charge in [-0.05, 0) is 48.9 Å². The third-order valence-corrected chi connectivity index (χ3v) is 8.93. The third-order valence-electron chi connectivity index (χ3n) is 8.72. The molecule has 2 unspecified atom stereocenters. The Labute approximate surface area is 240 Å². The van der Waals surface area contributed by atoms with Crippen LogP contribution in [0.3, 0.4) is 0 Å². The number of aromatic nitrogens is 4. The van der Waals surface area contributed by atoms with Crippen molar-refractivity contribution in [2.45, 2.75) is 64.0 Å². The van der Waals surface area contributed by atoms with Gasteiger partial charge < -0.3 is 9.80 Å². The molecule has 0 spiro atoms. The molecule has 2 aromatic heterocycles. The summed E-state index contributed by atoms with van der Waals surface area (Å²) >= 11 is 0. The predicted octanol–water partition coefficient (Wildman–Crippen LogP) is 5.02. The monoisotopic (exact) mass is 587 g/mol.